The van der Waals surface area contributed by atoms with Gasteiger partial charge in [-0.1, -0.05) is 20.8 Å². The minimum Gasteiger partial charge on any atom is -0.387 e. The highest BCUT2D eigenvalue weighted by atomic mass is 14.9. The third-order valence-corrected chi connectivity index (χ3v) is 1.14. The molecule has 0 saturated carbocycles. The van der Waals surface area contributed by atoms with E-state index in [1.165, 1.54) is 0 Å². The van der Waals surface area contributed by atoms with Crippen molar-refractivity contribution in [1.82, 2.24) is 0 Å². The van der Waals surface area contributed by atoms with E-state index >= 15 is 0 Å². The summed E-state index contributed by atoms with van der Waals surface area (Å²) in [6.07, 6.45) is 0.880. The molecule has 66 valence electrons. The Morgan fingerprint density at radius 1 is 1.36 bits per heavy atom. The lowest BCUT2D eigenvalue weighted by Gasteiger charge is -2.17. The van der Waals surface area contributed by atoms with Crippen molar-refractivity contribution >= 4 is 5.84 Å². The van der Waals surface area contributed by atoms with Gasteiger partial charge in [0.1, 0.15) is 0 Å². The van der Waals surface area contributed by atoms with Gasteiger partial charge in [0.2, 0.25) is 0 Å². The number of aliphatic imine (C=N–C) groups is 1. The molecule has 0 bridgehead atoms. The third-order valence-electron chi connectivity index (χ3n) is 1.14. The fourth-order valence-corrected chi connectivity index (χ4v) is 0.921. The van der Waals surface area contributed by atoms with Gasteiger partial charge in [0.25, 0.3) is 0 Å². The Balaban J connectivity index is 3.97. The van der Waals surface area contributed by atoms with Crippen LogP contribution in [0, 0.1) is 5.41 Å². The van der Waals surface area contributed by atoms with Crippen LogP contribution in [-0.2, 0) is 0 Å². The highest BCUT2D eigenvalue weighted by Crippen LogP contribution is 2.17. The zero-order valence-corrected chi connectivity index (χ0v) is 8.31. The molecule has 0 heterocycles. The Kier molecular flexibility index (Phi) is 3.56. The number of hydrogen-bond donors (Lipinski definition) is 1. The van der Waals surface area contributed by atoms with Crippen LogP contribution in [0.25, 0.3) is 0 Å². The molecule has 0 aliphatic rings. The quantitative estimate of drug-likeness (QED) is 0.483. The molecular weight excluding hydrogens is 136 g/mol. The first kappa shape index (κ1) is 10.5. The van der Waals surface area contributed by atoms with Gasteiger partial charge in [-0.05, 0) is 19.3 Å². The Morgan fingerprint density at radius 2 is 1.82 bits per heavy atom. The van der Waals surface area contributed by atoms with Gasteiger partial charge < -0.3 is 5.73 Å². The number of nitrogens with zero attached hydrogens (tertiary/aromatic N) is 1. The molecular formula is C9H20N2. The average Bonchev–Trinajstić information content (AvgIpc) is 1.53. The maximum atomic E-state index is 5.71. The SMILES string of the molecule is CC(C)N=C(N)CC(C)(C)C. The van der Waals surface area contributed by atoms with E-state index in [4.69, 9.17) is 5.73 Å². The van der Waals surface area contributed by atoms with Crippen LogP contribution in [0.1, 0.15) is 41.0 Å². The predicted molar refractivity (Wildman–Crippen MR) is 50.8 cm³/mol. The van der Waals surface area contributed by atoms with Crippen molar-refractivity contribution < 1.29 is 0 Å². The maximum absolute atomic E-state index is 5.71. The second-order valence-corrected chi connectivity index (χ2v) is 4.45. The molecule has 0 spiro atoms. The van der Waals surface area contributed by atoms with Gasteiger partial charge in [-0.2, -0.15) is 0 Å². The van der Waals surface area contributed by atoms with Crippen LogP contribution in [0.3, 0.4) is 0 Å². The van der Waals surface area contributed by atoms with Gasteiger partial charge in [0.05, 0.1) is 5.84 Å². The summed E-state index contributed by atoms with van der Waals surface area (Å²) in [4.78, 5) is 4.26. The summed E-state index contributed by atoms with van der Waals surface area (Å²) in [6, 6.07) is 0.317. The highest BCUT2D eigenvalue weighted by molar-refractivity contribution is 5.80. The number of hydrogen-bond acceptors (Lipinski definition) is 1. The summed E-state index contributed by atoms with van der Waals surface area (Å²) in [5, 5.41) is 0. The topological polar surface area (TPSA) is 38.4 Å². The lowest BCUT2D eigenvalue weighted by Crippen LogP contribution is -2.21. The summed E-state index contributed by atoms with van der Waals surface area (Å²) in [7, 11) is 0. The Hall–Kier alpha value is -0.530. The van der Waals surface area contributed by atoms with Crippen molar-refractivity contribution in [2.75, 3.05) is 0 Å². The third kappa shape index (κ3) is 7.37. The van der Waals surface area contributed by atoms with Crippen LogP contribution < -0.4 is 5.73 Å². The van der Waals surface area contributed by atoms with Gasteiger partial charge in [0, 0.05) is 12.5 Å². The van der Waals surface area contributed by atoms with E-state index in [9.17, 15) is 0 Å². The van der Waals surface area contributed by atoms with Crippen LogP contribution in [0.4, 0.5) is 0 Å². The normalized spacial score (nSPS) is 14.2. The van der Waals surface area contributed by atoms with Crippen LogP contribution in [0.2, 0.25) is 0 Å². The zero-order valence-electron chi connectivity index (χ0n) is 8.31. The summed E-state index contributed by atoms with van der Waals surface area (Å²) in [5.41, 5.74) is 5.96. The van der Waals surface area contributed by atoms with Crippen molar-refractivity contribution in [2.24, 2.45) is 16.1 Å². The van der Waals surface area contributed by atoms with Gasteiger partial charge in [-0.3, -0.25) is 4.99 Å². The van der Waals surface area contributed by atoms with Gasteiger partial charge in [-0.15, -0.1) is 0 Å². The standard InChI is InChI=1S/C9H20N2/c1-7(2)11-8(10)6-9(3,4)5/h7H,6H2,1-5H3,(H2,10,11). The van der Waals surface area contributed by atoms with E-state index in [2.05, 4.69) is 25.8 Å². The molecule has 0 aliphatic heterocycles. The first-order valence-electron chi connectivity index (χ1n) is 4.13. The number of rotatable bonds is 2. The second kappa shape index (κ2) is 3.74. The molecule has 2 nitrogen and oxygen atoms in total. The molecule has 0 aromatic heterocycles. The van der Waals surface area contributed by atoms with Gasteiger partial charge in [0.15, 0.2) is 0 Å². The minimum absolute atomic E-state index is 0.252. The second-order valence-electron chi connectivity index (χ2n) is 4.45. The summed E-state index contributed by atoms with van der Waals surface area (Å²) < 4.78 is 0. The lowest BCUT2D eigenvalue weighted by molar-refractivity contribution is 0.431. The van der Waals surface area contributed by atoms with Crippen LogP contribution in [-0.4, -0.2) is 11.9 Å². The van der Waals surface area contributed by atoms with E-state index < -0.39 is 0 Å². The molecule has 2 heteroatoms. The molecule has 0 aliphatic carbocycles. The van der Waals surface area contributed by atoms with Crippen molar-refractivity contribution in [3.05, 3.63) is 0 Å². The molecule has 11 heavy (non-hydrogen) atoms. The van der Waals surface area contributed by atoms with Crippen LogP contribution in [0.5, 0.6) is 0 Å². The molecule has 0 atom stereocenters. The summed E-state index contributed by atoms with van der Waals surface area (Å²) in [6.45, 7) is 10.6. The first-order chi connectivity index (χ1) is 4.81. The Morgan fingerprint density at radius 3 is 2.09 bits per heavy atom. The van der Waals surface area contributed by atoms with E-state index in [0.29, 0.717) is 6.04 Å². The van der Waals surface area contributed by atoms with Crippen molar-refractivity contribution in [3.63, 3.8) is 0 Å². The minimum atomic E-state index is 0.252. The Labute approximate surface area is 69.9 Å². The van der Waals surface area contributed by atoms with Gasteiger partial charge in [-0.25, -0.2) is 0 Å². The molecule has 0 aromatic rings. The maximum Gasteiger partial charge on any atom is 0.0945 e. The van der Waals surface area contributed by atoms with E-state index in [1.54, 1.807) is 0 Å². The van der Waals surface area contributed by atoms with Crippen LogP contribution in [0.15, 0.2) is 4.99 Å². The van der Waals surface area contributed by atoms with Crippen molar-refractivity contribution in [1.29, 1.82) is 0 Å². The lowest BCUT2D eigenvalue weighted by atomic mass is 9.92. The first-order valence-corrected chi connectivity index (χ1v) is 4.13. The van der Waals surface area contributed by atoms with E-state index in [0.717, 1.165) is 12.3 Å². The number of amidine groups is 1. The molecule has 0 rings (SSSR count). The van der Waals surface area contributed by atoms with Crippen molar-refractivity contribution in [3.8, 4) is 0 Å². The molecule has 0 amide bonds. The van der Waals surface area contributed by atoms with Crippen molar-refractivity contribution in [2.45, 2.75) is 47.1 Å². The summed E-state index contributed by atoms with van der Waals surface area (Å²) in [5.74, 6) is 0.771. The van der Waals surface area contributed by atoms with E-state index in [-0.39, 0.29) is 5.41 Å². The fraction of sp³-hybridized carbons (Fsp3) is 0.889. The van der Waals surface area contributed by atoms with E-state index in [1.807, 2.05) is 13.8 Å². The molecule has 0 unspecified atom stereocenters. The monoisotopic (exact) mass is 156 g/mol. The average molecular weight is 156 g/mol. The summed E-state index contributed by atoms with van der Waals surface area (Å²) >= 11 is 0. The molecule has 0 saturated heterocycles. The van der Waals surface area contributed by atoms with Crippen LogP contribution >= 0.6 is 0 Å². The van der Waals surface area contributed by atoms with Gasteiger partial charge >= 0.3 is 0 Å². The largest absolute Gasteiger partial charge is 0.387 e. The predicted octanol–water partition coefficient (Wildman–Crippen LogP) is 2.19. The smallest absolute Gasteiger partial charge is 0.0945 e. The molecule has 0 aromatic carbocycles. The molecule has 2 N–H and O–H groups in total. The highest BCUT2D eigenvalue weighted by Gasteiger charge is 2.11. The molecule has 0 radical (unpaired) electrons. The number of nitrogens with two attached hydrogens (primary N) is 1. The Bertz CT molecular complexity index is 140. The fourth-order valence-electron chi connectivity index (χ4n) is 0.921. The molecule has 0 fully saturated rings. The zero-order chi connectivity index (χ0) is 9.07.